The molecule has 3 aromatic rings. The Balaban J connectivity index is 1.40. The number of rotatable bonds is 5. The number of hydrogen-bond donors (Lipinski definition) is 2. The van der Waals surface area contributed by atoms with Crippen LogP contribution in [-0.2, 0) is 0 Å². The van der Waals surface area contributed by atoms with Gasteiger partial charge in [-0.25, -0.2) is 0 Å². The minimum absolute atomic E-state index is 0.0160. The minimum atomic E-state index is -4.33. The van der Waals surface area contributed by atoms with E-state index in [1.807, 2.05) is 0 Å². The first kappa shape index (κ1) is 24.1. The number of aromatic nitrogens is 3. The van der Waals surface area contributed by atoms with E-state index >= 15 is 0 Å². The summed E-state index contributed by atoms with van der Waals surface area (Å²) in [5, 5.41) is 2.67. The van der Waals surface area contributed by atoms with Gasteiger partial charge in [-0.15, -0.1) is 0 Å². The van der Waals surface area contributed by atoms with Gasteiger partial charge in [0.25, 0.3) is 0 Å². The standard InChI is InChI=1S/C23H23F3N6OSSe/c1-14-29-12-18(34-14)20(33)28-6-3-4-15-10-17-19(30-22-5-8-31(2)13-16(22)11-22)27-7-9-32(17)21(15)35-23(24,25)26/h7,9-10,12,16H,5-6,8,11,13H2,1-2H3,(H,27,30)(H,28,33). The molecule has 0 aromatic carbocycles. The Morgan fingerprint density at radius 1 is 1.40 bits per heavy atom. The van der Waals surface area contributed by atoms with Crippen molar-refractivity contribution in [3.63, 3.8) is 0 Å². The van der Waals surface area contributed by atoms with Crippen LogP contribution in [0.3, 0.4) is 0 Å². The first-order valence-electron chi connectivity index (χ1n) is 11.1. The molecule has 184 valence electrons. The van der Waals surface area contributed by atoms with Crippen LogP contribution in [0, 0.1) is 24.7 Å². The zero-order chi connectivity index (χ0) is 24.8. The van der Waals surface area contributed by atoms with Crippen molar-refractivity contribution in [1.29, 1.82) is 0 Å². The van der Waals surface area contributed by atoms with E-state index in [0.29, 0.717) is 27.7 Å². The quantitative estimate of drug-likeness (QED) is 0.366. The second-order valence-electron chi connectivity index (χ2n) is 8.86. The number of fused-ring (bicyclic) bond motifs is 2. The van der Waals surface area contributed by atoms with Crippen molar-refractivity contribution in [1.82, 2.24) is 24.6 Å². The molecule has 0 bridgehead atoms. The first-order valence-corrected chi connectivity index (χ1v) is 13.6. The molecule has 1 aliphatic carbocycles. The van der Waals surface area contributed by atoms with Crippen LogP contribution in [0.5, 0.6) is 0 Å². The molecule has 2 fully saturated rings. The summed E-state index contributed by atoms with van der Waals surface area (Å²) < 4.78 is 42.0. The number of amides is 1. The van der Waals surface area contributed by atoms with Gasteiger partial charge in [-0.2, -0.15) is 0 Å². The van der Waals surface area contributed by atoms with Gasteiger partial charge in [-0.3, -0.25) is 0 Å². The Morgan fingerprint density at radius 3 is 2.94 bits per heavy atom. The third kappa shape index (κ3) is 5.19. The van der Waals surface area contributed by atoms with E-state index in [4.69, 9.17) is 0 Å². The van der Waals surface area contributed by atoms with Crippen molar-refractivity contribution in [3.05, 3.63) is 40.1 Å². The van der Waals surface area contributed by atoms with E-state index < -0.39 is 20.0 Å². The summed E-state index contributed by atoms with van der Waals surface area (Å²) in [6.45, 7) is 3.79. The predicted octanol–water partition coefficient (Wildman–Crippen LogP) is 2.24. The van der Waals surface area contributed by atoms with Crippen molar-refractivity contribution in [2.75, 3.05) is 32.0 Å². The third-order valence-electron chi connectivity index (χ3n) is 6.34. The molecule has 12 heteroatoms. The average molecular weight is 567 g/mol. The summed E-state index contributed by atoms with van der Waals surface area (Å²) in [6.07, 6.45) is 6.58. The van der Waals surface area contributed by atoms with Crippen LogP contribution in [0.1, 0.15) is 33.1 Å². The summed E-state index contributed by atoms with van der Waals surface area (Å²) in [4.78, 5) is 23.5. The number of likely N-dealkylation sites (tertiary alicyclic amines) is 1. The summed E-state index contributed by atoms with van der Waals surface area (Å²) in [7, 11) is 2.10. The molecular weight excluding hydrogens is 544 g/mol. The molecule has 1 aliphatic heterocycles. The fraction of sp³-hybridized carbons (Fsp3) is 0.435. The number of aryl methyl sites for hydroxylation is 1. The number of piperidine rings is 1. The number of nitrogens with one attached hydrogen (secondary N) is 2. The Kier molecular flexibility index (Phi) is 6.30. The zero-order valence-corrected chi connectivity index (χ0v) is 21.6. The number of carbonyl (C=O) groups excluding carboxylic acids is 1. The molecule has 0 radical (unpaired) electrons. The molecule has 4 heterocycles. The number of halogens is 3. The van der Waals surface area contributed by atoms with Crippen LogP contribution in [-0.4, -0.2) is 77.4 Å². The molecule has 2 unspecified atom stereocenters. The number of alkyl halides is 3. The van der Waals surface area contributed by atoms with Gasteiger partial charge < -0.3 is 0 Å². The molecule has 2 N–H and O–H groups in total. The molecule has 1 saturated heterocycles. The van der Waals surface area contributed by atoms with E-state index in [1.165, 1.54) is 23.7 Å². The fourth-order valence-electron chi connectivity index (χ4n) is 4.53. The molecule has 1 amide bonds. The molecule has 3 aromatic heterocycles. The van der Waals surface area contributed by atoms with Gasteiger partial charge in [0, 0.05) is 0 Å². The second-order valence-corrected chi connectivity index (χ2v) is 12.3. The fourth-order valence-corrected chi connectivity index (χ4v) is 6.69. The maximum atomic E-state index is 13.5. The number of thiazole rings is 1. The van der Waals surface area contributed by atoms with Crippen LogP contribution < -0.4 is 15.2 Å². The van der Waals surface area contributed by atoms with E-state index in [1.54, 1.807) is 23.6 Å². The third-order valence-corrected chi connectivity index (χ3v) is 9.02. The molecule has 0 spiro atoms. The normalized spacial score (nSPS) is 21.8. The molecular formula is C23H23F3N6OSSe. The van der Waals surface area contributed by atoms with Crippen LogP contribution in [0.4, 0.5) is 19.0 Å². The summed E-state index contributed by atoms with van der Waals surface area (Å²) in [5.41, 5.74) is 0.849. The zero-order valence-electron chi connectivity index (χ0n) is 19.1. The summed E-state index contributed by atoms with van der Waals surface area (Å²) in [6, 6.07) is 1.67. The van der Waals surface area contributed by atoms with Gasteiger partial charge in [0.15, 0.2) is 0 Å². The number of carbonyl (C=O) groups is 1. The van der Waals surface area contributed by atoms with Gasteiger partial charge in [0.2, 0.25) is 0 Å². The molecule has 2 atom stereocenters. The molecule has 1 saturated carbocycles. The maximum absolute atomic E-state index is 13.5. The van der Waals surface area contributed by atoms with Crippen molar-refractivity contribution < 1.29 is 18.0 Å². The number of anilines is 1. The molecule has 35 heavy (non-hydrogen) atoms. The van der Waals surface area contributed by atoms with Crippen LogP contribution in [0.15, 0.2) is 24.7 Å². The van der Waals surface area contributed by atoms with Crippen LogP contribution in [0.25, 0.3) is 5.52 Å². The van der Waals surface area contributed by atoms with E-state index in [-0.39, 0.29) is 22.6 Å². The monoisotopic (exact) mass is 568 g/mol. The van der Waals surface area contributed by atoms with Gasteiger partial charge in [0.1, 0.15) is 0 Å². The van der Waals surface area contributed by atoms with Crippen LogP contribution in [0.2, 0.25) is 0 Å². The van der Waals surface area contributed by atoms with Gasteiger partial charge in [-0.05, 0) is 0 Å². The predicted molar refractivity (Wildman–Crippen MR) is 129 cm³/mol. The van der Waals surface area contributed by atoms with Crippen molar-refractivity contribution in [3.8, 4) is 11.8 Å². The average Bonchev–Trinajstić information content (AvgIpc) is 3.11. The van der Waals surface area contributed by atoms with Crippen LogP contribution >= 0.6 is 11.3 Å². The molecule has 5 rings (SSSR count). The van der Waals surface area contributed by atoms with Gasteiger partial charge >= 0.3 is 211 Å². The number of nitrogens with zero attached hydrogens (tertiary/aromatic N) is 4. The Morgan fingerprint density at radius 2 is 2.23 bits per heavy atom. The van der Waals surface area contributed by atoms with E-state index in [0.717, 1.165) is 30.9 Å². The first-order chi connectivity index (χ1) is 16.6. The summed E-state index contributed by atoms with van der Waals surface area (Å²) in [5.74, 6) is 6.45. The molecule has 2 aliphatic rings. The van der Waals surface area contributed by atoms with Crippen molar-refractivity contribution >= 4 is 48.1 Å². The van der Waals surface area contributed by atoms with E-state index in [9.17, 15) is 18.0 Å². The number of hydrogen-bond acceptors (Lipinski definition) is 6. The molecule has 7 nitrogen and oxygen atoms in total. The van der Waals surface area contributed by atoms with Crippen molar-refractivity contribution in [2.45, 2.75) is 30.4 Å². The van der Waals surface area contributed by atoms with Gasteiger partial charge in [0.05, 0.1) is 0 Å². The SMILES string of the molecule is Cc1ncc(C(=O)NCC#Cc2cc3c(NC45CCN(C)CC4C5)nccn3c2[Se]C(F)(F)F)s1. The van der Waals surface area contributed by atoms with Crippen molar-refractivity contribution in [2.24, 2.45) is 5.92 Å². The Hall–Kier alpha value is -2.58. The second kappa shape index (κ2) is 9.13. The van der Waals surface area contributed by atoms with Gasteiger partial charge in [-0.1, -0.05) is 0 Å². The van der Waals surface area contributed by atoms with E-state index in [2.05, 4.69) is 44.4 Å². The topological polar surface area (TPSA) is 74.6 Å². The Bertz CT molecular complexity index is 1340. The summed E-state index contributed by atoms with van der Waals surface area (Å²) >= 11 is -0.525. The Labute approximate surface area is 210 Å².